The fourth-order valence-corrected chi connectivity index (χ4v) is 2.89. The summed E-state index contributed by atoms with van der Waals surface area (Å²) in [5.74, 6) is -0.149. The number of nitrogens with two attached hydrogens (primary N) is 1. The molecular formula is C15H23FN2. The molecule has 0 spiro atoms. The molecule has 2 rings (SSSR count). The van der Waals surface area contributed by atoms with Gasteiger partial charge in [-0.3, -0.25) is 4.90 Å². The van der Waals surface area contributed by atoms with E-state index in [-0.39, 0.29) is 5.82 Å². The minimum atomic E-state index is -0.149. The lowest BCUT2D eigenvalue weighted by molar-refractivity contribution is 0.0889. The van der Waals surface area contributed by atoms with Crippen LogP contribution in [0.3, 0.4) is 0 Å². The van der Waals surface area contributed by atoms with Gasteiger partial charge in [0.1, 0.15) is 5.82 Å². The number of hydrogen-bond acceptors (Lipinski definition) is 2. The van der Waals surface area contributed by atoms with Crippen LogP contribution in [0.25, 0.3) is 0 Å². The predicted octanol–water partition coefficient (Wildman–Crippen LogP) is 2.84. The van der Waals surface area contributed by atoms with Crippen molar-refractivity contribution in [1.82, 2.24) is 4.90 Å². The zero-order valence-corrected chi connectivity index (χ0v) is 11.3. The molecule has 0 aliphatic carbocycles. The molecule has 2 atom stereocenters. The van der Waals surface area contributed by atoms with Crippen LogP contribution in [-0.4, -0.2) is 23.5 Å². The summed E-state index contributed by atoms with van der Waals surface area (Å²) in [6, 6.07) is 6.02. The molecule has 0 saturated carbocycles. The Hall–Kier alpha value is -0.930. The van der Waals surface area contributed by atoms with Gasteiger partial charge in [0.2, 0.25) is 0 Å². The molecule has 2 N–H and O–H groups in total. The number of halogens is 1. The van der Waals surface area contributed by atoms with Crippen molar-refractivity contribution >= 4 is 0 Å². The molecule has 100 valence electrons. The second kappa shape index (κ2) is 5.81. The van der Waals surface area contributed by atoms with Gasteiger partial charge in [0.25, 0.3) is 0 Å². The Bertz CT molecular complexity index is 405. The first kappa shape index (κ1) is 13.5. The van der Waals surface area contributed by atoms with Gasteiger partial charge in [0.05, 0.1) is 0 Å². The smallest absolute Gasteiger partial charge is 0.123 e. The first-order valence-electron chi connectivity index (χ1n) is 6.82. The summed E-state index contributed by atoms with van der Waals surface area (Å²) >= 11 is 0. The van der Waals surface area contributed by atoms with E-state index in [1.165, 1.54) is 18.9 Å². The van der Waals surface area contributed by atoms with Crippen LogP contribution in [0.5, 0.6) is 0 Å². The van der Waals surface area contributed by atoms with Crippen molar-refractivity contribution in [3.05, 3.63) is 35.1 Å². The molecule has 1 aromatic carbocycles. The number of piperidine rings is 1. The van der Waals surface area contributed by atoms with E-state index in [4.69, 9.17) is 5.73 Å². The highest BCUT2D eigenvalue weighted by Crippen LogP contribution is 2.25. The zero-order valence-electron chi connectivity index (χ0n) is 11.3. The van der Waals surface area contributed by atoms with Gasteiger partial charge < -0.3 is 5.73 Å². The van der Waals surface area contributed by atoms with Crippen LogP contribution in [0.15, 0.2) is 18.2 Å². The van der Waals surface area contributed by atoms with E-state index >= 15 is 0 Å². The summed E-state index contributed by atoms with van der Waals surface area (Å²) in [7, 11) is 0. The molecule has 2 unspecified atom stereocenters. The molecule has 1 aromatic rings. The van der Waals surface area contributed by atoms with Crippen molar-refractivity contribution in [2.45, 2.75) is 51.7 Å². The van der Waals surface area contributed by atoms with Crippen molar-refractivity contribution in [3.63, 3.8) is 0 Å². The average Bonchev–Trinajstić information content (AvgIpc) is 2.36. The molecule has 3 heteroatoms. The van der Waals surface area contributed by atoms with E-state index in [0.29, 0.717) is 18.6 Å². The molecule has 0 aromatic heterocycles. The van der Waals surface area contributed by atoms with Crippen molar-refractivity contribution in [3.8, 4) is 0 Å². The van der Waals surface area contributed by atoms with Crippen LogP contribution in [0.2, 0.25) is 0 Å². The van der Waals surface area contributed by atoms with Crippen molar-refractivity contribution in [2.75, 3.05) is 6.54 Å². The fourth-order valence-electron chi connectivity index (χ4n) is 2.89. The lowest BCUT2D eigenvalue weighted by atomic mass is 9.95. The molecule has 0 bridgehead atoms. The highest BCUT2D eigenvalue weighted by atomic mass is 19.1. The number of rotatable bonds is 3. The van der Waals surface area contributed by atoms with E-state index < -0.39 is 0 Å². The van der Waals surface area contributed by atoms with Gasteiger partial charge in [-0.25, -0.2) is 4.39 Å². The molecule has 0 amide bonds. The second-order valence-electron chi connectivity index (χ2n) is 5.41. The van der Waals surface area contributed by atoms with Gasteiger partial charge in [-0.2, -0.15) is 0 Å². The first-order valence-corrected chi connectivity index (χ1v) is 6.82. The molecule has 1 aliphatic heterocycles. The predicted molar refractivity (Wildman–Crippen MR) is 72.8 cm³/mol. The van der Waals surface area contributed by atoms with Gasteiger partial charge in [0.15, 0.2) is 0 Å². The van der Waals surface area contributed by atoms with Gasteiger partial charge in [-0.1, -0.05) is 12.5 Å². The Balaban J connectivity index is 2.17. The maximum Gasteiger partial charge on any atom is 0.123 e. The third-order valence-corrected chi connectivity index (χ3v) is 4.13. The van der Waals surface area contributed by atoms with Gasteiger partial charge in [-0.05, 0) is 49.9 Å². The maximum absolute atomic E-state index is 13.3. The normalized spacial score (nSPS) is 25.3. The molecular weight excluding hydrogens is 227 g/mol. The minimum absolute atomic E-state index is 0.149. The highest BCUT2D eigenvalue weighted by Gasteiger charge is 2.27. The zero-order chi connectivity index (χ0) is 13.1. The molecule has 1 fully saturated rings. The molecule has 18 heavy (non-hydrogen) atoms. The Kier molecular flexibility index (Phi) is 4.36. The largest absolute Gasteiger partial charge is 0.329 e. The number of benzene rings is 1. The van der Waals surface area contributed by atoms with Crippen LogP contribution >= 0.6 is 0 Å². The van der Waals surface area contributed by atoms with Crippen molar-refractivity contribution in [2.24, 2.45) is 5.73 Å². The summed E-state index contributed by atoms with van der Waals surface area (Å²) in [5.41, 5.74) is 8.10. The molecule has 1 heterocycles. The third-order valence-electron chi connectivity index (χ3n) is 4.13. The SMILES string of the molecule is Cc1ccc(F)cc1CN1C(C)CCCC1CN. The monoisotopic (exact) mass is 250 g/mol. The number of likely N-dealkylation sites (tertiary alicyclic amines) is 1. The van der Waals surface area contributed by atoms with Gasteiger partial charge in [-0.15, -0.1) is 0 Å². The van der Waals surface area contributed by atoms with E-state index in [1.807, 2.05) is 13.0 Å². The van der Waals surface area contributed by atoms with E-state index in [2.05, 4.69) is 11.8 Å². The molecule has 0 radical (unpaired) electrons. The van der Waals surface area contributed by atoms with E-state index in [0.717, 1.165) is 24.1 Å². The summed E-state index contributed by atoms with van der Waals surface area (Å²) < 4.78 is 13.3. The van der Waals surface area contributed by atoms with Crippen LogP contribution in [-0.2, 0) is 6.54 Å². The summed E-state index contributed by atoms with van der Waals surface area (Å²) in [6.07, 6.45) is 3.63. The van der Waals surface area contributed by atoms with Gasteiger partial charge >= 0.3 is 0 Å². The quantitative estimate of drug-likeness (QED) is 0.894. The number of aryl methyl sites for hydroxylation is 1. The van der Waals surface area contributed by atoms with E-state index in [1.54, 1.807) is 6.07 Å². The van der Waals surface area contributed by atoms with Crippen LogP contribution in [0.4, 0.5) is 4.39 Å². The Morgan fingerprint density at radius 3 is 2.89 bits per heavy atom. The van der Waals surface area contributed by atoms with Crippen molar-refractivity contribution < 1.29 is 4.39 Å². The molecule has 2 nitrogen and oxygen atoms in total. The summed E-state index contributed by atoms with van der Waals surface area (Å²) in [4.78, 5) is 2.44. The van der Waals surface area contributed by atoms with E-state index in [9.17, 15) is 4.39 Å². The lowest BCUT2D eigenvalue weighted by Crippen LogP contribution is -2.48. The number of nitrogens with zero attached hydrogens (tertiary/aromatic N) is 1. The Morgan fingerprint density at radius 1 is 1.39 bits per heavy atom. The van der Waals surface area contributed by atoms with Gasteiger partial charge in [0, 0.05) is 25.2 Å². The third kappa shape index (κ3) is 2.90. The van der Waals surface area contributed by atoms with Crippen LogP contribution in [0, 0.1) is 12.7 Å². The highest BCUT2D eigenvalue weighted by molar-refractivity contribution is 5.26. The van der Waals surface area contributed by atoms with Crippen molar-refractivity contribution in [1.29, 1.82) is 0 Å². The fraction of sp³-hybridized carbons (Fsp3) is 0.600. The Labute approximate surface area is 109 Å². The molecule has 1 saturated heterocycles. The molecule has 1 aliphatic rings. The van der Waals surface area contributed by atoms with Crippen LogP contribution in [0.1, 0.15) is 37.3 Å². The minimum Gasteiger partial charge on any atom is -0.329 e. The lowest BCUT2D eigenvalue weighted by Gasteiger charge is -2.40. The first-order chi connectivity index (χ1) is 8.61. The maximum atomic E-state index is 13.3. The topological polar surface area (TPSA) is 29.3 Å². The standard InChI is InChI=1S/C15H23FN2/c1-11-6-7-14(16)8-13(11)10-18-12(2)4-3-5-15(18)9-17/h6-8,12,15H,3-5,9-10,17H2,1-2H3. The van der Waals surface area contributed by atoms with Crippen LogP contribution < -0.4 is 5.73 Å². The summed E-state index contributed by atoms with van der Waals surface area (Å²) in [5, 5.41) is 0. The Morgan fingerprint density at radius 2 is 2.17 bits per heavy atom. The summed E-state index contributed by atoms with van der Waals surface area (Å²) in [6.45, 7) is 5.79. The second-order valence-corrected chi connectivity index (χ2v) is 5.41. The average molecular weight is 250 g/mol. The number of hydrogen-bond donors (Lipinski definition) is 1.